The van der Waals surface area contributed by atoms with Gasteiger partial charge in [0.15, 0.2) is 5.96 Å². The van der Waals surface area contributed by atoms with Crippen LogP contribution in [0.5, 0.6) is 0 Å². The summed E-state index contributed by atoms with van der Waals surface area (Å²) in [6.07, 6.45) is 6.73. The monoisotopic (exact) mass is 381 g/mol. The van der Waals surface area contributed by atoms with Crippen LogP contribution >= 0.6 is 0 Å². The molecular formula is C23H35N5. The Kier molecular flexibility index (Phi) is 7.54. The molecule has 1 aromatic carbocycles. The number of hydrogen-bond donors (Lipinski definition) is 2. The van der Waals surface area contributed by atoms with E-state index >= 15 is 0 Å². The Balaban J connectivity index is 1.50. The van der Waals surface area contributed by atoms with E-state index < -0.39 is 0 Å². The highest BCUT2D eigenvalue weighted by Gasteiger charge is 2.19. The summed E-state index contributed by atoms with van der Waals surface area (Å²) in [6, 6.07) is 9.28. The molecule has 2 N–H and O–H groups in total. The molecule has 152 valence electrons. The van der Waals surface area contributed by atoms with Crippen LogP contribution in [0.1, 0.15) is 32.3 Å². The Bertz CT molecular complexity index is 675. The van der Waals surface area contributed by atoms with Crippen molar-refractivity contribution in [3.05, 3.63) is 54.1 Å². The molecule has 1 fully saturated rings. The van der Waals surface area contributed by atoms with Crippen LogP contribution in [-0.4, -0.2) is 56.2 Å². The van der Waals surface area contributed by atoms with Crippen molar-refractivity contribution in [1.29, 1.82) is 0 Å². The second kappa shape index (κ2) is 10.3. The molecule has 0 unspecified atom stereocenters. The number of rotatable bonds is 7. The molecule has 0 atom stereocenters. The van der Waals surface area contributed by atoms with Gasteiger partial charge in [-0.2, -0.15) is 0 Å². The van der Waals surface area contributed by atoms with Crippen LogP contribution in [-0.2, 0) is 6.54 Å². The Labute approximate surface area is 170 Å². The summed E-state index contributed by atoms with van der Waals surface area (Å²) in [5.74, 6) is 0.925. The third kappa shape index (κ3) is 6.13. The minimum atomic E-state index is 0.490. The number of aliphatic imine (C=N–C) groups is 1. The van der Waals surface area contributed by atoms with Crippen molar-refractivity contribution in [1.82, 2.24) is 15.5 Å². The molecule has 28 heavy (non-hydrogen) atoms. The van der Waals surface area contributed by atoms with Crippen molar-refractivity contribution >= 4 is 11.6 Å². The fourth-order valence-electron chi connectivity index (χ4n) is 3.80. The van der Waals surface area contributed by atoms with Gasteiger partial charge in [-0.25, -0.2) is 4.99 Å². The van der Waals surface area contributed by atoms with E-state index in [4.69, 9.17) is 4.99 Å². The molecule has 3 rings (SSSR count). The molecule has 0 aromatic heterocycles. The number of nitrogens with one attached hydrogen (secondary N) is 2. The topological polar surface area (TPSA) is 42.9 Å². The first-order valence-electron chi connectivity index (χ1n) is 10.5. The second-order valence-electron chi connectivity index (χ2n) is 7.89. The summed E-state index contributed by atoms with van der Waals surface area (Å²) in [5, 5.41) is 7.02. The van der Waals surface area contributed by atoms with Gasteiger partial charge in [0.05, 0.1) is 6.54 Å². The van der Waals surface area contributed by atoms with Crippen molar-refractivity contribution in [2.45, 2.75) is 39.3 Å². The number of piperidine rings is 1. The van der Waals surface area contributed by atoms with E-state index in [1.165, 1.54) is 16.8 Å². The van der Waals surface area contributed by atoms with Gasteiger partial charge in [-0.15, -0.1) is 0 Å². The molecular weight excluding hydrogens is 346 g/mol. The van der Waals surface area contributed by atoms with Crippen LogP contribution in [0.25, 0.3) is 0 Å². The third-order valence-corrected chi connectivity index (χ3v) is 5.31. The molecule has 0 amide bonds. The van der Waals surface area contributed by atoms with Gasteiger partial charge in [-0.1, -0.05) is 36.4 Å². The predicted molar refractivity (Wildman–Crippen MR) is 120 cm³/mol. The summed E-state index contributed by atoms with van der Waals surface area (Å²) in [5.41, 5.74) is 3.77. The van der Waals surface area contributed by atoms with Gasteiger partial charge in [-0.05, 0) is 44.4 Å². The van der Waals surface area contributed by atoms with E-state index in [1.54, 1.807) is 0 Å². The second-order valence-corrected chi connectivity index (χ2v) is 7.89. The summed E-state index contributed by atoms with van der Waals surface area (Å²) in [7, 11) is 0. The highest BCUT2D eigenvalue weighted by atomic mass is 15.2. The maximum absolute atomic E-state index is 4.81. The van der Waals surface area contributed by atoms with Gasteiger partial charge in [0.2, 0.25) is 0 Å². The highest BCUT2D eigenvalue weighted by molar-refractivity contribution is 5.80. The largest absolute Gasteiger partial charge is 0.364 e. The molecule has 1 aromatic rings. The van der Waals surface area contributed by atoms with Crippen LogP contribution in [0.4, 0.5) is 5.69 Å². The molecule has 1 saturated heterocycles. The molecule has 0 bridgehead atoms. The van der Waals surface area contributed by atoms with Crippen molar-refractivity contribution in [3.63, 3.8) is 0 Å². The minimum Gasteiger partial charge on any atom is -0.364 e. The van der Waals surface area contributed by atoms with Crippen molar-refractivity contribution in [3.8, 4) is 0 Å². The van der Waals surface area contributed by atoms with Crippen molar-refractivity contribution in [2.75, 3.05) is 44.2 Å². The van der Waals surface area contributed by atoms with Crippen LogP contribution in [0.2, 0.25) is 0 Å². The van der Waals surface area contributed by atoms with Crippen LogP contribution < -0.4 is 15.5 Å². The van der Waals surface area contributed by atoms with E-state index in [0.29, 0.717) is 12.6 Å². The Morgan fingerprint density at radius 2 is 1.82 bits per heavy atom. The third-order valence-electron chi connectivity index (χ3n) is 5.31. The Morgan fingerprint density at radius 1 is 1.14 bits per heavy atom. The molecule has 2 heterocycles. The van der Waals surface area contributed by atoms with Gasteiger partial charge < -0.3 is 15.5 Å². The average Bonchev–Trinajstić information content (AvgIpc) is 3.23. The standard InChI is InChI=1S/C23H35N5/c1-4-24-23(26-21-11-15-27(16-12-21)18-19(2)3)25-17-20-7-9-22(10-8-20)28-13-5-6-14-28/h5-10,21H,2,4,11-18H2,1,3H3,(H2,24,25,26). The number of guanidine groups is 1. The molecule has 0 saturated carbocycles. The quantitative estimate of drug-likeness (QED) is 0.433. The first-order valence-corrected chi connectivity index (χ1v) is 10.5. The first kappa shape index (κ1) is 20.5. The van der Waals surface area contributed by atoms with E-state index in [2.05, 4.69) is 77.3 Å². The lowest BCUT2D eigenvalue weighted by Crippen LogP contribution is -2.48. The van der Waals surface area contributed by atoms with Crippen molar-refractivity contribution in [2.24, 2.45) is 4.99 Å². The van der Waals surface area contributed by atoms with Gasteiger partial charge in [0.1, 0.15) is 0 Å². The molecule has 2 aliphatic rings. The Morgan fingerprint density at radius 3 is 2.43 bits per heavy atom. The van der Waals surface area contributed by atoms with Crippen LogP contribution in [0, 0.1) is 0 Å². The first-order chi connectivity index (χ1) is 13.6. The van der Waals surface area contributed by atoms with E-state index in [0.717, 1.165) is 58.1 Å². The lowest BCUT2D eigenvalue weighted by Gasteiger charge is -2.33. The molecule has 0 radical (unpaired) electrons. The number of likely N-dealkylation sites (tertiary alicyclic amines) is 1. The summed E-state index contributed by atoms with van der Waals surface area (Å²) in [6.45, 7) is 15.1. The van der Waals surface area contributed by atoms with E-state index in [9.17, 15) is 0 Å². The number of nitrogens with zero attached hydrogens (tertiary/aromatic N) is 3. The molecule has 0 aliphatic carbocycles. The van der Waals surface area contributed by atoms with Crippen LogP contribution in [0.3, 0.4) is 0 Å². The summed E-state index contributed by atoms with van der Waals surface area (Å²) in [4.78, 5) is 9.66. The predicted octanol–water partition coefficient (Wildman–Crippen LogP) is 3.16. The fourth-order valence-corrected chi connectivity index (χ4v) is 3.80. The smallest absolute Gasteiger partial charge is 0.191 e. The molecule has 2 aliphatic heterocycles. The van der Waals surface area contributed by atoms with Gasteiger partial charge in [0.25, 0.3) is 0 Å². The zero-order valence-electron chi connectivity index (χ0n) is 17.5. The number of benzene rings is 1. The fraction of sp³-hybridized carbons (Fsp3) is 0.522. The maximum atomic E-state index is 4.81. The van der Waals surface area contributed by atoms with Crippen molar-refractivity contribution < 1.29 is 0 Å². The maximum Gasteiger partial charge on any atom is 0.191 e. The molecule has 5 heteroatoms. The Hall–Kier alpha value is -2.27. The SMILES string of the molecule is C=C(C)CN1CCC(NC(=NCc2ccc(N3CC=CC3)cc2)NCC)CC1. The van der Waals surface area contributed by atoms with Gasteiger partial charge in [-0.3, -0.25) is 4.90 Å². The molecule has 0 spiro atoms. The number of hydrogen-bond acceptors (Lipinski definition) is 3. The highest BCUT2D eigenvalue weighted by Crippen LogP contribution is 2.18. The van der Waals surface area contributed by atoms with E-state index in [1.807, 2.05) is 0 Å². The summed E-state index contributed by atoms with van der Waals surface area (Å²) < 4.78 is 0. The lowest BCUT2D eigenvalue weighted by atomic mass is 10.0. The average molecular weight is 382 g/mol. The number of anilines is 1. The normalized spacial score (nSPS) is 18.5. The van der Waals surface area contributed by atoms with E-state index in [-0.39, 0.29) is 0 Å². The zero-order valence-corrected chi connectivity index (χ0v) is 17.5. The van der Waals surface area contributed by atoms with Gasteiger partial charge >= 0.3 is 0 Å². The molecule has 5 nitrogen and oxygen atoms in total. The zero-order chi connectivity index (χ0) is 19.8. The van der Waals surface area contributed by atoms with Crippen LogP contribution in [0.15, 0.2) is 53.6 Å². The van der Waals surface area contributed by atoms with Gasteiger partial charge in [0, 0.05) is 51.0 Å². The lowest BCUT2D eigenvalue weighted by molar-refractivity contribution is 0.221. The minimum absolute atomic E-state index is 0.490. The summed E-state index contributed by atoms with van der Waals surface area (Å²) >= 11 is 0.